The van der Waals surface area contributed by atoms with Crippen LogP contribution in [0.3, 0.4) is 0 Å². The third-order valence-electron chi connectivity index (χ3n) is 2.06. The molecule has 10 heavy (non-hydrogen) atoms. The van der Waals surface area contributed by atoms with Crippen LogP contribution < -0.4 is 0 Å². The summed E-state index contributed by atoms with van der Waals surface area (Å²) in [5.41, 5.74) is 0. The minimum atomic E-state index is 0.248. The molecule has 1 saturated heterocycles. The van der Waals surface area contributed by atoms with Crippen molar-refractivity contribution in [2.24, 2.45) is 5.92 Å². The Morgan fingerprint density at radius 3 is 2.90 bits per heavy atom. The van der Waals surface area contributed by atoms with Gasteiger partial charge in [-0.3, -0.25) is 4.79 Å². The summed E-state index contributed by atoms with van der Waals surface area (Å²) >= 11 is 0. The fourth-order valence-electron chi connectivity index (χ4n) is 1.32. The van der Waals surface area contributed by atoms with Gasteiger partial charge in [0.05, 0.1) is 0 Å². The minimum absolute atomic E-state index is 0.248. The second-order valence-corrected chi connectivity index (χ2v) is 2.61. The summed E-state index contributed by atoms with van der Waals surface area (Å²) in [4.78, 5) is 12.9. The lowest BCUT2D eigenvalue weighted by Gasteiger charge is -2.08. The van der Waals surface area contributed by atoms with Gasteiger partial charge in [-0.05, 0) is 19.0 Å². The molecule has 0 spiro atoms. The van der Waals surface area contributed by atoms with E-state index in [2.05, 4.69) is 13.5 Å². The van der Waals surface area contributed by atoms with Crippen molar-refractivity contribution in [3.05, 3.63) is 12.8 Å². The molecule has 2 heteroatoms. The molecular weight excluding hydrogens is 126 g/mol. The van der Waals surface area contributed by atoms with Gasteiger partial charge < -0.3 is 4.90 Å². The highest BCUT2D eigenvalue weighted by molar-refractivity contribution is 5.81. The van der Waals surface area contributed by atoms with Crippen molar-refractivity contribution in [1.82, 2.24) is 4.90 Å². The predicted octanol–water partition coefficient (Wildman–Crippen LogP) is 1.39. The van der Waals surface area contributed by atoms with Gasteiger partial charge in [-0.2, -0.15) is 0 Å². The van der Waals surface area contributed by atoms with Crippen LogP contribution in [0, 0.1) is 5.92 Å². The summed E-state index contributed by atoms with van der Waals surface area (Å²) in [6.45, 7) is 6.48. The summed E-state index contributed by atoms with van der Waals surface area (Å²) in [6, 6.07) is 0. The molecule has 1 aliphatic heterocycles. The van der Waals surface area contributed by atoms with E-state index in [0.717, 1.165) is 19.4 Å². The first-order chi connectivity index (χ1) is 4.79. The van der Waals surface area contributed by atoms with E-state index in [0.29, 0.717) is 0 Å². The molecule has 0 aromatic carbocycles. The summed E-state index contributed by atoms with van der Waals surface area (Å²) < 4.78 is 0. The zero-order valence-corrected chi connectivity index (χ0v) is 6.34. The van der Waals surface area contributed by atoms with E-state index in [-0.39, 0.29) is 11.8 Å². The highest BCUT2D eigenvalue weighted by Gasteiger charge is 2.27. The van der Waals surface area contributed by atoms with Crippen LogP contribution in [-0.2, 0) is 4.79 Å². The van der Waals surface area contributed by atoms with Crippen LogP contribution in [0.5, 0.6) is 0 Å². The highest BCUT2D eigenvalue weighted by Crippen LogP contribution is 2.20. The van der Waals surface area contributed by atoms with E-state index < -0.39 is 0 Å². The topological polar surface area (TPSA) is 20.3 Å². The van der Waals surface area contributed by atoms with Crippen LogP contribution >= 0.6 is 0 Å². The Bertz CT molecular complexity index is 153. The summed E-state index contributed by atoms with van der Waals surface area (Å²) in [5, 5.41) is 0. The standard InChI is InChI=1S/C8H13NO/c1-3-7-5-6-9(4-2)8(7)10/h4,7H,2-3,5-6H2,1H3/t7-/m1/s1. The summed E-state index contributed by atoms with van der Waals surface area (Å²) in [6.07, 6.45) is 3.59. The first kappa shape index (κ1) is 7.32. The number of carbonyl (C=O) groups is 1. The van der Waals surface area contributed by atoms with E-state index >= 15 is 0 Å². The number of hydrogen-bond donors (Lipinski definition) is 0. The van der Waals surface area contributed by atoms with Gasteiger partial charge in [-0.15, -0.1) is 0 Å². The Kier molecular flexibility index (Phi) is 2.10. The number of amides is 1. The maximum Gasteiger partial charge on any atom is 0.229 e. The highest BCUT2D eigenvalue weighted by atomic mass is 16.2. The SMILES string of the molecule is C=CN1CC[C@@H](CC)C1=O. The van der Waals surface area contributed by atoms with Crippen LogP contribution in [0.25, 0.3) is 0 Å². The predicted molar refractivity (Wildman–Crippen MR) is 40.3 cm³/mol. The largest absolute Gasteiger partial charge is 0.319 e. The van der Waals surface area contributed by atoms with Gasteiger partial charge in [0.15, 0.2) is 0 Å². The molecule has 0 N–H and O–H groups in total. The summed E-state index contributed by atoms with van der Waals surface area (Å²) in [7, 11) is 0. The van der Waals surface area contributed by atoms with Crippen LogP contribution in [0.2, 0.25) is 0 Å². The second-order valence-electron chi connectivity index (χ2n) is 2.61. The molecule has 0 aromatic rings. The van der Waals surface area contributed by atoms with E-state index in [4.69, 9.17) is 0 Å². The molecule has 1 atom stereocenters. The van der Waals surface area contributed by atoms with Crippen molar-refractivity contribution >= 4 is 5.91 Å². The maximum absolute atomic E-state index is 11.2. The second kappa shape index (κ2) is 2.86. The monoisotopic (exact) mass is 139 g/mol. The molecule has 1 heterocycles. The van der Waals surface area contributed by atoms with Crippen molar-refractivity contribution in [3.63, 3.8) is 0 Å². The van der Waals surface area contributed by atoms with Gasteiger partial charge >= 0.3 is 0 Å². The first-order valence-corrected chi connectivity index (χ1v) is 3.72. The van der Waals surface area contributed by atoms with Gasteiger partial charge in [0, 0.05) is 12.5 Å². The molecule has 0 aliphatic carbocycles. The minimum Gasteiger partial charge on any atom is -0.319 e. The van der Waals surface area contributed by atoms with E-state index in [1.165, 1.54) is 0 Å². The van der Waals surface area contributed by atoms with Gasteiger partial charge in [-0.1, -0.05) is 13.5 Å². The zero-order chi connectivity index (χ0) is 7.56. The molecular formula is C8H13NO. The van der Waals surface area contributed by atoms with Crippen molar-refractivity contribution in [1.29, 1.82) is 0 Å². The van der Waals surface area contributed by atoms with Gasteiger partial charge in [0.1, 0.15) is 0 Å². The lowest BCUT2D eigenvalue weighted by atomic mass is 10.1. The number of nitrogens with zero attached hydrogens (tertiary/aromatic N) is 1. The van der Waals surface area contributed by atoms with Crippen LogP contribution in [0.4, 0.5) is 0 Å². The molecule has 1 fully saturated rings. The Labute approximate surface area is 61.5 Å². The molecule has 2 nitrogen and oxygen atoms in total. The van der Waals surface area contributed by atoms with E-state index in [9.17, 15) is 4.79 Å². The Morgan fingerprint density at radius 1 is 1.90 bits per heavy atom. The third kappa shape index (κ3) is 1.06. The fourth-order valence-corrected chi connectivity index (χ4v) is 1.32. The maximum atomic E-state index is 11.2. The Balaban J connectivity index is 2.57. The van der Waals surface area contributed by atoms with Gasteiger partial charge in [0.25, 0.3) is 0 Å². The zero-order valence-electron chi connectivity index (χ0n) is 6.34. The van der Waals surface area contributed by atoms with E-state index in [1.54, 1.807) is 11.1 Å². The average molecular weight is 139 g/mol. The number of hydrogen-bond acceptors (Lipinski definition) is 1. The molecule has 0 unspecified atom stereocenters. The quantitative estimate of drug-likeness (QED) is 0.566. The molecule has 0 saturated carbocycles. The normalized spacial score (nSPS) is 25.5. The Morgan fingerprint density at radius 2 is 2.60 bits per heavy atom. The first-order valence-electron chi connectivity index (χ1n) is 3.72. The number of carbonyl (C=O) groups excluding carboxylic acids is 1. The van der Waals surface area contributed by atoms with Crippen molar-refractivity contribution in [3.8, 4) is 0 Å². The molecule has 56 valence electrons. The molecule has 0 radical (unpaired) electrons. The average Bonchev–Trinajstić information content (AvgIpc) is 2.30. The van der Waals surface area contributed by atoms with Gasteiger partial charge in [0.2, 0.25) is 5.91 Å². The van der Waals surface area contributed by atoms with Crippen LogP contribution in [0.15, 0.2) is 12.8 Å². The molecule has 1 amide bonds. The van der Waals surface area contributed by atoms with E-state index in [1.807, 2.05) is 0 Å². The van der Waals surface area contributed by atoms with Crippen molar-refractivity contribution < 1.29 is 4.79 Å². The lowest BCUT2D eigenvalue weighted by molar-refractivity contribution is -0.128. The molecule has 1 rings (SSSR count). The number of rotatable bonds is 2. The number of likely N-dealkylation sites (tertiary alicyclic amines) is 1. The third-order valence-corrected chi connectivity index (χ3v) is 2.06. The summed E-state index contributed by atoms with van der Waals surface area (Å²) in [5.74, 6) is 0.510. The van der Waals surface area contributed by atoms with Crippen molar-refractivity contribution in [2.45, 2.75) is 19.8 Å². The van der Waals surface area contributed by atoms with Gasteiger partial charge in [-0.25, -0.2) is 0 Å². The fraction of sp³-hybridized carbons (Fsp3) is 0.625. The smallest absolute Gasteiger partial charge is 0.229 e. The van der Waals surface area contributed by atoms with Crippen LogP contribution in [-0.4, -0.2) is 17.4 Å². The molecule has 1 aliphatic rings. The Hall–Kier alpha value is -0.790. The molecule has 0 aromatic heterocycles. The van der Waals surface area contributed by atoms with Crippen molar-refractivity contribution in [2.75, 3.05) is 6.54 Å². The van der Waals surface area contributed by atoms with Crippen LogP contribution in [0.1, 0.15) is 19.8 Å². The lowest BCUT2D eigenvalue weighted by Crippen LogP contribution is -2.20. The molecule has 0 bridgehead atoms.